The van der Waals surface area contributed by atoms with E-state index in [1.165, 1.54) is 12.8 Å². The molecule has 1 saturated heterocycles. The van der Waals surface area contributed by atoms with E-state index in [1.54, 1.807) is 0 Å². The number of aromatic nitrogens is 1. The summed E-state index contributed by atoms with van der Waals surface area (Å²) < 4.78 is 0. The maximum atomic E-state index is 13.1. The molecule has 2 amide bonds. The summed E-state index contributed by atoms with van der Waals surface area (Å²) >= 11 is 0. The molecule has 1 aromatic heterocycles. The Morgan fingerprint density at radius 2 is 1.90 bits per heavy atom. The topological polar surface area (TPSA) is 62.3 Å². The van der Waals surface area contributed by atoms with Gasteiger partial charge in [-0.3, -0.25) is 14.6 Å². The van der Waals surface area contributed by atoms with E-state index in [2.05, 4.69) is 17.2 Å². The zero-order valence-corrected chi connectivity index (χ0v) is 18.2. The first kappa shape index (κ1) is 22.0. The Balaban J connectivity index is 1.60. The highest BCUT2D eigenvalue weighted by molar-refractivity contribution is 5.96. The highest BCUT2D eigenvalue weighted by Crippen LogP contribution is 2.22. The van der Waals surface area contributed by atoms with E-state index in [1.807, 2.05) is 54.3 Å². The zero-order valence-electron chi connectivity index (χ0n) is 18.2. The molecule has 30 heavy (non-hydrogen) atoms. The highest BCUT2D eigenvalue weighted by atomic mass is 16.2. The molecule has 3 rings (SSSR count). The van der Waals surface area contributed by atoms with Gasteiger partial charge in [0, 0.05) is 25.2 Å². The molecule has 1 aliphatic rings. The number of carbonyl (C=O) groups excluding carboxylic acids is 2. The average molecular weight is 408 g/mol. The van der Waals surface area contributed by atoms with Crippen molar-refractivity contribution in [2.45, 2.75) is 52.4 Å². The van der Waals surface area contributed by atoms with E-state index in [9.17, 15) is 9.59 Å². The van der Waals surface area contributed by atoms with Gasteiger partial charge in [-0.1, -0.05) is 56.5 Å². The molecular weight excluding hydrogens is 374 g/mol. The number of amides is 2. The van der Waals surface area contributed by atoms with Crippen molar-refractivity contribution < 1.29 is 9.59 Å². The largest absolute Gasteiger partial charge is 0.356 e. The van der Waals surface area contributed by atoms with Crippen molar-refractivity contribution in [2.24, 2.45) is 5.92 Å². The minimum Gasteiger partial charge on any atom is -0.356 e. The monoisotopic (exact) mass is 407 g/mol. The second kappa shape index (κ2) is 10.9. The van der Waals surface area contributed by atoms with Crippen LogP contribution in [-0.4, -0.2) is 41.3 Å². The van der Waals surface area contributed by atoms with Gasteiger partial charge in [-0.2, -0.15) is 0 Å². The van der Waals surface area contributed by atoms with Gasteiger partial charge in [0.05, 0.1) is 22.9 Å². The maximum Gasteiger partial charge on any atom is 0.255 e. The maximum absolute atomic E-state index is 13.1. The van der Waals surface area contributed by atoms with Crippen molar-refractivity contribution in [3.8, 4) is 11.3 Å². The molecule has 2 aromatic rings. The first-order valence-corrected chi connectivity index (χ1v) is 11.2. The number of hydrogen-bond donors (Lipinski definition) is 1. The molecule has 0 aliphatic carbocycles. The summed E-state index contributed by atoms with van der Waals surface area (Å²) in [5, 5.41) is 3.06. The molecule has 0 radical (unpaired) electrons. The molecule has 5 nitrogen and oxygen atoms in total. The molecule has 0 saturated carbocycles. The van der Waals surface area contributed by atoms with Crippen molar-refractivity contribution in [2.75, 3.05) is 19.6 Å². The third-order valence-electron chi connectivity index (χ3n) is 5.79. The second-order valence-electron chi connectivity index (χ2n) is 8.14. The fourth-order valence-corrected chi connectivity index (χ4v) is 4.01. The Morgan fingerprint density at radius 3 is 2.63 bits per heavy atom. The predicted octanol–water partition coefficient (Wildman–Crippen LogP) is 4.61. The molecular formula is C25H33N3O2. The quantitative estimate of drug-likeness (QED) is 0.650. The van der Waals surface area contributed by atoms with Crippen molar-refractivity contribution in [1.29, 1.82) is 0 Å². The number of rotatable bonds is 8. The van der Waals surface area contributed by atoms with Crippen LogP contribution in [0.15, 0.2) is 42.5 Å². The summed E-state index contributed by atoms with van der Waals surface area (Å²) in [6.45, 7) is 5.97. The van der Waals surface area contributed by atoms with E-state index in [0.717, 1.165) is 49.2 Å². The van der Waals surface area contributed by atoms with Crippen LogP contribution in [0.5, 0.6) is 0 Å². The highest BCUT2D eigenvalue weighted by Gasteiger charge is 2.29. The van der Waals surface area contributed by atoms with Crippen molar-refractivity contribution in [3.63, 3.8) is 0 Å². The first-order chi connectivity index (χ1) is 14.6. The Morgan fingerprint density at radius 1 is 1.10 bits per heavy atom. The minimum absolute atomic E-state index is 0.0277. The van der Waals surface area contributed by atoms with Crippen LogP contribution >= 0.6 is 0 Å². The predicted molar refractivity (Wildman–Crippen MR) is 120 cm³/mol. The Bertz CT molecular complexity index is 851. The number of pyridine rings is 1. The molecule has 1 aromatic carbocycles. The van der Waals surface area contributed by atoms with Crippen LogP contribution in [0, 0.1) is 12.8 Å². The lowest BCUT2D eigenvalue weighted by Crippen LogP contribution is -2.45. The van der Waals surface area contributed by atoms with Gasteiger partial charge in [0.1, 0.15) is 0 Å². The zero-order chi connectivity index (χ0) is 21.3. The number of aryl methyl sites for hydroxylation is 1. The lowest BCUT2D eigenvalue weighted by atomic mass is 9.96. The average Bonchev–Trinajstić information content (AvgIpc) is 2.79. The molecule has 5 heteroatoms. The number of nitrogens with one attached hydrogen (secondary N) is 1. The van der Waals surface area contributed by atoms with Crippen molar-refractivity contribution >= 4 is 11.8 Å². The summed E-state index contributed by atoms with van der Waals surface area (Å²) in [4.78, 5) is 32.1. The first-order valence-electron chi connectivity index (χ1n) is 11.2. The molecule has 0 spiro atoms. The lowest BCUT2D eigenvalue weighted by Gasteiger charge is -2.32. The third kappa shape index (κ3) is 5.68. The molecule has 1 aliphatic heterocycles. The number of carbonyl (C=O) groups is 2. The van der Waals surface area contributed by atoms with Gasteiger partial charge in [-0.15, -0.1) is 0 Å². The van der Waals surface area contributed by atoms with Gasteiger partial charge in [0.25, 0.3) is 5.91 Å². The van der Waals surface area contributed by atoms with Crippen LogP contribution in [0.2, 0.25) is 0 Å². The number of unbranched alkanes of at least 4 members (excludes halogenated alkanes) is 3. The van der Waals surface area contributed by atoms with Gasteiger partial charge in [-0.05, 0) is 38.3 Å². The molecule has 160 valence electrons. The Kier molecular flexibility index (Phi) is 8.00. The normalized spacial score (nSPS) is 16.3. The van der Waals surface area contributed by atoms with Crippen LogP contribution in [0.4, 0.5) is 0 Å². The molecule has 1 fully saturated rings. The fraction of sp³-hybridized carbons (Fsp3) is 0.480. The van der Waals surface area contributed by atoms with E-state index in [4.69, 9.17) is 0 Å². The van der Waals surface area contributed by atoms with Crippen LogP contribution in [0.1, 0.15) is 61.5 Å². The standard InChI is InChI=1S/C25H33N3O2/c1-3-4-5-9-16-26-24(29)21-13-10-17-28(18-21)25(30)22-14-15-23(27-19(22)2)20-11-7-6-8-12-20/h6-8,11-12,14-15,21H,3-5,9-10,13,16-18H2,1-2H3,(H,26,29). The number of piperidine rings is 1. The molecule has 0 bridgehead atoms. The van der Waals surface area contributed by atoms with Crippen LogP contribution in [0.3, 0.4) is 0 Å². The van der Waals surface area contributed by atoms with Gasteiger partial charge in [0.15, 0.2) is 0 Å². The number of hydrogen-bond acceptors (Lipinski definition) is 3. The number of likely N-dealkylation sites (tertiary alicyclic amines) is 1. The summed E-state index contributed by atoms with van der Waals surface area (Å²) in [6, 6.07) is 13.7. The van der Waals surface area contributed by atoms with E-state index < -0.39 is 0 Å². The van der Waals surface area contributed by atoms with Crippen LogP contribution in [0.25, 0.3) is 11.3 Å². The van der Waals surface area contributed by atoms with E-state index >= 15 is 0 Å². The molecule has 2 heterocycles. The Labute approximate surface area is 179 Å². The molecule has 1 unspecified atom stereocenters. The molecule has 1 N–H and O–H groups in total. The van der Waals surface area contributed by atoms with Gasteiger partial charge in [0.2, 0.25) is 5.91 Å². The Hall–Kier alpha value is -2.69. The second-order valence-corrected chi connectivity index (χ2v) is 8.14. The van der Waals surface area contributed by atoms with Gasteiger partial charge >= 0.3 is 0 Å². The molecule has 1 atom stereocenters. The number of benzene rings is 1. The van der Waals surface area contributed by atoms with Crippen LogP contribution in [-0.2, 0) is 4.79 Å². The minimum atomic E-state index is -0.120. The smallest absolute Gasteiger partial charge is 0.255 e. The van der Waals surface area contributed by atoms with Gasteiger partial charge < -0.3 is 10.2 Å². The van der Waals surface area contributed by atoms with Crippen molar-refractivity contribution in [3.05, 3.63) is 53.7 Å². The van der Waals surface area contributed by atoms with Crippen molar-refractivity contribution in [1.82, 2.24) is 15.2 Å². The number of nitrogens with zero attached hydrogens (tertiary/aromatic N) is 2. The fourth-order valence-electron chi connectivity index (χ4n) is 4.01. The summed E-state index contributed by atoms with van der Waals surface area (Å²) in [5.41, 5.74) is 3.25. The lowest BCUT2D eigenvalue weighted by molar-refractivity contribution is -0.126. The summed E-state index contributed by atoms with van der Waals surface area (Å²) in [7, 11) is 0. The summed E-state index contributed by atoms with van der Waals surface area (Å²) in [6.07, 6.45) is 6.26. The van der Waals surface area contributed by atoms with E-state index in [0.29, 0.717) is 18.7 Å². The SMILES string of the molecule is CCCCCCNC(=O)C1CCCN(C(=O)c2ccc(-c3ccccc3)nc2C)C1. The van der Waals surface area contributed by atoms with E-state index in [-0.39, 0.29) is 17.7 Å². The van der Waals surface area contributed by atoms with Gasteiger partial charge in [-0.25, -0.2) is 0 Å². The third-order valence-corrected chi connectivity index (χ3v) is 5.79. The summed E-state index contributed by atoms with van der Waals surface area (Å²) in [5.74, 6) is -0.0657. The van der Waals surface area contributed by atoms with Crippen LogP contribution < -0.4 is 5.32 Å².